The molecule has 0 aromatic heterocycles. The third kappa shape index (κ3) is 4.80. The van der Waals surface area contributed by atoms with Gasteiger partial charge in [0.1, 0.15) is 0 Å². The molecule has 1 aliphatic rings. The molecule has 0 aliphatic heterocycles. The highest BCUT2D eigenvalue weighted by atomic mass is 16.4. The van der Waals surface area contributed by atoms with Gasteiger partial charge in [-0.2, -0.15) is 0 Å². The van der Waals surface area contributed by atoms with Crippen LogP contribution in [0, 0.1) is 29.6 Å². The molecule has 4 heteroatoms. The van der Waals surface area contributed by atoms with E-state index < -0.39 is 5.97 Å². The van der Waals surface area contributed by atoms with Gasteiger partial charge in [0.15, 0.2) is 0 Å². The zero-order valence-electron chi connectivity index (χ0n) is 13.2. The summed E-state index contributed by atoms with van der Waals surface area (Å²) in [4.78, 5) is 23.2. The molecule has 20 heavy (non-hydrogen) atoms. The third-order valence-electron chi connectivity index (χ3n) is 4.62. The lowest BCUT2D eigenvalue weighted by atomic mass is 9.80. The SMILES string of the molecule is CC(C)C(CNC(=O)C1CCCC(C(=O)O)C1)C(C)C. The predicted octanol–water partition coefficient (Wildman–Crippen LogP) is 2.92. The van der Waals surface area contributed by atoms with E-state index in [0.717, 1.165) is 12.8 Å². The molecule has 0 saturated heterocycles. The van der Waals surface area contributed by atoms with Gasteiger partial charge in [0.05, 0.1) is 5.92 Å². The number of carbonyl (C=O) groups excluding carboxylic acids is 1. The van der Waals surface area contributed by atoms with Crippen molar-refractivity contribution in [3.63, 3.8) is 0 Å². The number of carbonyl (C=O) groups is 2. The first-order valence-electron chi connectivity index (χ1n) is 7.83. The van der Waals surface area contributed by atoms with Crippen LogP contribution in [0.25, 0.3) is 0 Å². The number of hydrogen-bond donors (Lipinski definition) is 2. The summed E-state index contributed by atoms with van der Waals surface area (Å²) in [5, 5.41) is 12.1. The summed E-state index contributed by atoms with van der Waals surface area (Å²) in [7, 11) is 0. The highest BCUT2D eigenvalue weighted by molar-refractivity contribution is 5.80. The van der Waals surface area contributed by atoms with Crippen molar-refractivity contribution >= 4 is 11.9 Å². The van der Waals surface area contributed by atoms with Gasteiger partial charge in [0, 0.05) is 12.5 Å². The zero-order chi connectivity index (χ0) is 15.3. The Bertz CT molecular complexity index is 331. The van der Waals surface area contributed by atoms with Crippen LogP contribution in [-0.4, -0.2) is 23.5 Å². The fourth-order valence-electron chi connectivity index (χ4n) is 3.26. The highest BCUT2D eigenvalue weighted by Gasteiger charge is 2.31. The van der Waals surface area contributed by atoms with E-state index in [9.17, 15) is 9.59 Å². The minimum absolute atomic E-state index is 0.0438. The van der Waals surface area contributed by atoms with Gasteiger partial charge in [0.2, 0.25) is 5.91 Å². The van der Waals surface area contributed by atoms with Crippen LogP contribution in [0.5, 0.6) is 0 Å². The largest absolute Gasteiger partial charge is 0.481 e. The van der Waals surface area contributed by atoms with E-state index in [1.54, 1.807) is 0 Å². The van der Waals surface area contributed by atoms with Crippen molar-refractivity contribution in [1.82, 2.24) is 5.32 Å². The fraction of sp³-hybridized carbons (Fsp3) is 0.875. The summed E-state index contributed by atoms with van der Waals surface area (Å²) >= 11 is 0. The number of amides is 1. The number of nitrogens with one attached hydrogen (secondary N) is 1. The molecule has 0 aromatic carbocycles. The smallest absolute Gasteiger partial charge is 0.306 e. The molecule has 0 spiro atoms. The van der Waals surface area contributed by atoms with Crippen LogP contribution in [0.2, 0.25) is 0 Å². The third-order valence-corrected chi connectivity index (χ3v) is 4.62. The normalized spacial score (nSPS) is 23.4. The second-order valence-corrected chi connectivity index (χ2v) is 6.80. The standard InChI is InChI=1S/C16H29NO3/c1-10(2)14(11(3)4)9-17-15(18)12-6-5-7-13(8-12)16(19)20/h10-14H,5-9H2,1-4H3,(H,17,18)(H,19,20). The summed E-state index contributed by atoms with van der Waals surface area (Å²) in [6.07, 6.45) is 2.87. The van der Waals surface area contributed by atoms with Crippen molar-refractivity contribution in [3.05, 3.63) is 0 Å². The molecular formula is C16H29NO3. The molecule has 4 nitrogen and oxygen atoms in total. The Balaban J connectivity index is 2.47. The molecule has 1 aliphatic carbocycles. The van der Waals surface area contributed by atoms with E-state index in [1.807, 2.05) is 0 Å². The lowest BCUT2D eigenvalue weighted by Gasteiger charge is -2.28. The predicted molar refractivity (Wildman–Crippen MR) is 79.3 cm³/mol. The number of carboxylic acid groups (broad SMARTS) is 1. The van der Waals surface area contributed by atoms with E-state index in [1.165, 1.54) is 0 Å². The second kappa shape index (κ2) is 7.65. The number of hydrogen-bond acceptors (Lipinski definition) is 2. The summed E-state index contributed by atoms with van der Waals surface area (Å²) in [5.74, 6) is 0.363. The molecule has 1 fully saturated rings. The molecule has 2 unspecified atom stereocenters. The zero-order valence-corrected chi connectivity index (χ0v) is 13.2. The summed E-state index contributed by atoms with van der Waals surface area (Å²) in [6, 6.07) is 0. The summed E-state index contributed by atoms with van der Waals surface area (Å²) in [5.41, 5.74) is 0. The Morgan fingerprint density at radius 1 is 1.10 bits per heavy atom. The van der Waals surface area contributed by atoms with Gasteiger partial charge in [-0.05, 0) is 37.0 Å². The summed E-state index contributed by atoms with van der Waals surface area (Å²) < 4.78 is 0. The van der Waals surface area contributed by atoms with Crippen molar-refractivity contribution in [3.8, 4) is 0 Å². The van der Waals surface area contributed by atoms with Crippen LogP contribution in [0.4, 0.5) is 0 Å². The molecular weight excluding hydrogens is 254 g/mol. The van der Waals surface area contributed by atoms with Crippen LogP contribution in [0.15, 0.2) is 0 Å². The lowest BCUT2D eigenvalue weighted by molar-refractivity contribution is -0.144. The minimum atomic E-state index is -0.760. The molecule has 1 saturated carbocycles. The first-order valence-corrected chi connectivity index (χ1v) is 7.83. The van der Waals surface area contributed by atoms with Crippen LogP contribution >= 0.6 is 0 Å². The fourth-order valence-corrected chi connectivity index (χ4v) is 3.26. The Morgan fingerprint density at radius 2 is 1.65 bits per heavy atom. The Hall–Kier alpha value is -1.06. The first kappa shape index (κ1) is 17.0. The van der Waals surface area contributed by atoms with Crippen molar-refractivity contribution in [2.75, 3.05) is 6.54 Å². The van der Waals surface area contributed by atoms with E-state index in [-0.39, 0.29) is 17.7 Å². The molecule has 0 bridgehead atoms. The molecule has 0 aromatic rings. The molecule has 2 N–H and O–H groups in total. The van der Waals surface area contributed by atoms with Crippen LogP contribution in [0.3, 0.4) is 0 Å². The van der Waals surface area contributed by atoms with Gasteiger partial charge in [-0.3, -0.25) is 9.59 Å². The average Bonchev–Trinajstić information content (AvgIpc) is 2.38. The maximum absolute atomic E-state index is 12.2. The number of carboxylic acids is 1. The van der Waals surface area contributed by atoms with Crippen LogP contribution in [-0.2, 0) is 9.59 Å². The maximum Gasteiger partial charge on any atom is 0.306 e. The van der Waals surface area contributed by atoms with E-state index in [4.69, 9.17) is 5.11 Å². The summed E-state index contributed by atoms with van der Waals surface area (Å²) in [6.45, 7) is 9.41. The number of aliphatic carboxylic acids is 1. The molecule has 1 amide bonds. The monoisotopic (exact) mass is 283 g/mol. The van der Waals surface area contributed by atoms with Gasteiger partial charge in [-0.15, -0.1) is 0 Å². The van der Waals surface area contributed by atoms with E-state index in [0.29, 0.717) is 37.1 Å². The first-order chi connectivity index (χ1) is 9.32. The van der Waals surface area contributed by atoms with E-state index in [2.05, 4.69) is 33.0 Å². The van der Waals surface area contributed by atoms with Gasteiger partial charge in [-0.25, -0.2) is 0 Å². The Labute approximate surface area is 122 Å². The van der Waals surface area contributed by atoms with Crippen LogP contribution < -0.4 is 5.32 Å². The minimum Gasteiger partial charge on any atom is -0.481 e. The van der Waals surface area contributed by atoms with Gasteiger partial charge < -0.3 is 10.4 Å². The Morgan fingerprint density at radius 3 is 2.15 bits per heavy atom. The van der Waals surface area contributed by atoms with Gasteiger partial charge >= 0.3 is 5.97 Å². The average molecular weight is 283 g/mol. The van der Waals surface area contributed by atoms with Crippen molar-refractivity contribution < 1.29 is 14.7 Å². The molecule has 0 radical (unpaired) electrons. The lowest BCUT2D eigenvalue weighted by Crippen LogP contribution is -2.39. The number of rotatable bonds is 6. The van der Waals surface area contributed by atoms with Gasteiger partial charge in [-0.1, -0.05) is 34.1 Å². The molecule has 1 rings (SSSR count). The quantitative estimate of drug-likeness (QED) is 0.787. The maximum atomic E-state index is 12.2. The molecule has 0 heterocycles. The van der Waals surface area contributed by atoms with Gasteiger partial charge in [0.25, 0.3) is 0 Å². The topological polar surface area (TPSA) is 66.4 Å². The second-order valence-electron chi connectivity index (χ2n) is 6.80. The Kier molecular flexibility index (Phi) is 6.50. The van der Waals surface area contributed by atoms with Crippen LogP contribution in [0.1, 0.15) is 53.4 Å². The molecule has 116 valence electrons. The van der Waals surface area contributed by atoms with Crippen molar-refractivity contribution in [1.29, 1.82) is 0 Å². The van der Waals surface area contributed by atoms with E-state index >= 15 is 0 Å². The molecule has 2 atom stereocenters. The van der Waals surface area contributed by atoms with Crippen molar-refractivity contribution in [2.24, 2.45) is 29.6 Å². The highest BCUT2D eigenvalue weighted by Crippen LogP contribution is 2.29. The van der Waals surface area contributed by atoms with Crippen molar-refractivity contribution in [2.45, 2.75) is 53.4 Å².